The Bertz CT molecular complexity index is 1310. The van der Waals surface area contributed by atoms with Crippen LogP contribution in [0.4, 0.5) is 0 Å². The summed E-state index contributed by atoms with van der Waals surface area (Å²) in [6.07, 6.45) is 2.51. The molecule has 0 amide bonds. The van der Waals surface area contributed by atoms with Gasteiger partial charge < -0.3 is 0 Å². The van der Waals surface area contributed by atoms with Crippen LogP contribution in [0.1, 0.15) is 23.7 Å². The molecule has 28 heavy (non-hydrogen) atoms. The van der Waals surface area contributed by atoms with E-state index >= 15 is 0 Å². The first-order valence-electron chi connectivity index (χ1n) is 9.08. The molecule has 2 aromatic heterocycles. The van der Waals surface area contributed by atoms with E-state index < -0.39 is 0 Å². The maximum absolute atomic E-state index is 12.1. The molecule has 6 nitrogen and oxygen atoms in total. The van der Waals surface area contributed by atoms with Gasteiger partial charge in [0.15, 0.2) is 0 Å². The molecule has 4 aromatic rings. The molecule has 0 atom stereocenters. The van der Waals surface area contributed by atoms with Crippen LogP contribution in [0.5, 0.6) is 0 Å². The van der Waals surface area contributed by atoms with E-state index in [0.29, 0.717) is 17.4 Å². The number of hydrogen-bond donors (Lipinski definition) is 1. The summed E-state index contributed by atoms with van der Waals surface area (Å²) in [5.74, 6) is 0. The summed E-state index contributed by atoms with van der Waals surface area (Å²) in [4.78, 5) is 12.1. The Balaban J connectivity index is 1.98. The standard InChI is InChI=1S/C22H19N5O/c1-4-20-18-10-14(6-8-17(18)22(28)26-25-20)19-12-24-27(3)21(19)16-7-5-13(2)9-15(16)11-23/h5-10,12H,4H2,1-3H3,(H,26,28). The van der Waals surface area contributed by atoms with Crippen molar-refractivity contribution in [1.29, 1.82) is 5.26 Å². The second kappa shape index (κ2) is 6.78. The first kappa shape index (κ1) is 17.7. The number of fused-ring (bicyclic) bond motifs is 1. The molecule has 0 radical (unpaired) electrons. The zero-order valence-electron chi connectivity index (χ0n) is 15.9. The van der Waals surface area contributed by atoms with Gasteiger partial charge in [-0.1, -0.05) is 25.1 Å². The molecule has 1 N–H and O–H groups in total. The molecule has 0 spiro atoms. The molecule has 2 heterocycles. The minimum Gasteiger partial charge on any atom is -0.267 e. The highest BCUT2D eigenvalue weighted by Crippen LogP contribution is 2.35. The lowest BCUT2D eigenvalue weighted by atomic mass is 9.95. The van der Waals surface area contributed by atoms with Gasteiger partial charge >= 0.3 is 0 Å². The molecule has 4 rings (SSSR count). The Morgan fingerprint density at radius 3 is 2.71 bits per heavy atom. The average molecular weight is 369 g/mol. The first-order valence-corrected chi connectivity index (χ1v) is 9.08. The van der Waals surface area contributed by atoms with Crippen LogP contribution in [0, 0.1) is 18.3 Å². The SMILES string of the molecule is CCc1n[nH]c(=O)c2ccc(-c3cnn(C)c3-c3ccc(C)cc3C#N)cc12. The molecule has 2 aromatic carbocycles. The van der Waals surface area contributed by atoms with E-state index in [-0.39, 0.29) is 5.56 Å². The zero-order valence-corrected chi connectivity index (χ0v) is 15.9. The normalized spacial score (nSPS) is 10.9. The van der Waals surface area contributed by atoms with Gasteiger partial charge in [-0.05, 0) is 42.7 Å². The van der Waals surface area contributed by atoms with Gasteiger partial charge in [0, 0.05) is 23.6 Å². The highest BCUT2D eigenvalue weighted by Gasteiger charge is 2.17. The fraction of sp³-hybridized carbons (Fsp3) is 0.182. The molecular weight excluding hydrogens is 350 g/mol. The van der Waals surface area contributed by atoms with Gasteiger partial charge in [-0.3, -0.25) is 9.48 Å². The van der Waals surface area contributed by atoms with E-state index in [0.717, 1.165) is 39.0 Å². The van der Waals surface area contributed by atoms with Crippen LogP contribution >= 0.6 is 0 Å². The van der Waals surface area contributed by atoms with Crippen molar-refractivity contribution in [3.8, 4) is 28.5 Å². The van der Waals surface area contributed by atoms with Crippen LogP contribution in [0.25, 0.3) is 33.2 Å². The van der Waals surface area contributed by atoms with Crippen molar-refractivity contribution in [3.05, 3.63) is 69.8 Å². The number of aryl methyl sites for hydroxylation is 3. The molecule has 0 bridgehead atoms. The van der Waals surface area contributed by atoms with Gasteiger partial charge in [-0.15, -0.1) is 0 Å². The molecule has 0 fully saturated rings. The molecular formula is C22H19N5O. The van der Waals surface area contributed by atoms with Crippen LogP contribution in [0.15, 0.2) is 47.4 Å². The number of H-pyrrole nitrogens is 1. The van der Waals surface area contributed by atoms with Gasteiger partial charge in [0.05, 0.1) is 34.6 Å². The largest absolute Gasteiger partial charge is 0.272 e. The average Bonchev–Trinajstić information content (AvgIpc) is 3.09. The van der Waals surface area contributed by atoms with Gasteiger partial charge in [0.25, 0.3) is 5.56 Å². The van der Waals surface area contributed by atoms with Gasteiger partial charge in [-0.2, -0.15) is 15.5 Å². The summed E-state index contributed by atoms with van der Waals surface area (Å²) in [6, 6.07) is 13.8. The van der Waals surface area contributed by atoms with Crippen LogP contribution in [-0.4, -0.2) is 20.0 Å². The zero-order chi connectivity index (χ0) is 19.8. The highest BCUT2D eigenvalue weighted by atomic mass is 16.1. The van der Waals surface area contributed by atoms with E-state index in [1.54, 1.807) is 10.9 Å². The van der Waals surface area contributed by atoms with Crippen LogP contribution in [0.3, 0.4) is 0 Å². The Kier molecular flexibility index (Phi) is 4.28. The molecule has 0 aliphatic heterocycles. The maximum atomic E-state index is 12.1. The Labute approximate surface area is 162 Å². The van der Waals surface area contributed by atoms with Crippen molar-refractivity contribution in [2.75, 3.05) is 0 Å². The second-order valence-electron chi connectivity index (χ2n) is 6.80. The molecule has 0 saturated heterocycles. The third-order valence-corrected chi connectivity index (χ3v) is 5.00. The fourth-order valence-corrected chi connectivity index (χ4v) is 3.58. The number of aromatic amines is 1. The van der Waals surface area contributed by atoms with Crippen molar-refractivity contribution < 1.29 is 0 Å². The minimum atomic E-state index is -0.199. The maximum Gasteiger partial charge on any atom is 0.272 e. The van der Waals surface area contributed by atoms with Gasteiger partial charge in [0.1, 0.15) is 0 Å². The van der Waals surface area contributed by atoms with Crippen molar-refractivity contribution in [2.24, 2.45) is 7.05 Å². The van der Waals surface area contributed by atoms with E-state index in [4.69, 9.17) is 0 Å². The first-order chi connectivity index (χ1) is 13.5. The number of hydrogen-bond acceptors (Lipinski definition) is 4. The van der Waals surface area contributed by atoms with Crippen molar-refractivity contribution in [1.82, 2.24) is 20.0 Å². The van der Waals surface area contributed by atoms with Gasteiger partial charge in [-0.25, -0.2) is 5.10 Å². The third kappa shape index (κ3) is 2.78. The fourth-order valence-electron chi connectivity index (χ4n) is 3.58. The molecule has 138 valence electrons. The number of nitrogens with one attached hydrogen (secondary N) is 1. The highest BCUT2D eigenvalue weighted by molar-refractivity contribution is 5.91. The van der Waals surface area contributed by atoms with Gasteiger partial charge in [0.2, 0.25) is 0 Å². The van der Waals surface area contributed by atoms with E-state index in [9.17, 15) is 10.1 Å². The Morgan fingerprint density at radius 1 is 1.14 bits per heavy atom. The lowest BCUT2D eigenvalue weighted by molar-refractivity contribution is 0.775. The summed E-state index contributed by atoms with van der Waals surface area (Å²) in [7, 11) is 1.87. The van der Waals surface area contributed by atoms with Crippen LogP contribution in [0.2, 0.25) is 0 Å². The topological polar surface area (TPSA) is 87.4 Å². The minimum absolute atomic E-state index is 0.199. The number of rotatable bonds is 3. The molecule has 0 unspecified atom stereocenters. The predicted molar refractivity (Wildman–Crippen MR) is 109 cm³/mol. The van der Waals surface area contributed by atoms with Crippen molar-refractivity contribution in [2.45, 2.75) is 20.3 Å². The smallest absolute Gasteiger partial charge is 0.267 e. The third-order valence-electron chi connectivity index (χ3n) is 5.00. The summed E-state index contributed by atoms with van der Waals surface area (Å²) in [5, 5.41) is 22.2. The quantitative estimate of drug-likeness (QED) is 0.596. The number of aromatic nitrogens is 4. The second-order valence-corrected chi connectivity index (χ2v) is 6.80. The van der Waals surface area contributed by atoms with E-state index in [1.807, 2.05) is 57.3 Å². The van der Waals surface area contributed by atoms with E-state index in [1.165, 1.54) is 0 Å². The Morgan fingerprint density at radius 2 is 1.96 bits per heavy atom. The Hall–Kier alpha value is -3.72. The lowest BCUT2D eigenvalue weighted by Gasteiger charge is -2.11. The molecule has 0 aliphatic carbocycles. The molecule has 0 saturated carbocycles. The molecule has 0 aliphatic rings. The van der Waals surface area contributed by atoms with E-state index in [2.05, 4.69) is 21.4 Å². The summed E-state index contributed by atoms with van der Waals surface area (Å²) < 4.78 is 1.78. The molecule has 6 heteroatoms. The summed E-state index contributed by atoms with van der Waals surface area (Å²) in [5.41, 5.74) is 5.83. The monoisotopic (exact) mass is 369 g/mol. The van der Waals surface area contributed by atoms with Crippen LogP contribution in [-0.2, 0) is 13.5 Å². The number of nitriles is 1. The number of benzene rings is 2. The van der Waals surface area contributed by atoms with Crippen LogP contribution < -0.4 is 5.56 Å². The van der Waals surface area contributed by atoms with Crippen molar-refractivity contribution in [3.63, 3.8) is 0 Å². The summed E-state index contributed by atoms with van der Waals surface area (Å²) in [6.45, 7) is 3.97. The van der Waals surface area contributed by atoms with Crippen molar-refractivity contribution >= 4 is 10.8 Å². The number of nitrogens with zero attached hydrogens (tertiary/aromatic N) is 4. The lowest BCUT2D eigenvalue weighted by Crippen LogP contribution is -2.10. The predicted octanol–water partition coefficient (Wildman–Crippen LogP) is 3.73. The summed E-state index contributed by atoms with van der Waals surface area (Å²) >= 11 is 0.